The molecule has 0 saturated heterocycles. The molecule has 4 heteroatoms. The zero-order valence-corrected chi connectivity index (χ0v) is 13.2. The molecular weight excluding hydrogens is 293 g/mol. The van der Waals surface area contributed by atoms with Gasteiger partial charge >= 0.3 is 0 Å². The molecule has 0 N–H and O–H groups in total. The van der Waals surface area contributed by atoms with Crippen LogP contribution in [0.2, 0.25) is 0 Å². The summed E-state index contributed by atoms with van der Waals surface area (Å²) in [6.07, 6.45) is 3.87. The Morgan fingerprint density at radius 3 is 2.74 bits per heavy atom. The maximum Gasteiger partial charge on any atom is 0.240 e. The van der Waals surface area contributed by atoms with Crippen LogP contribution in [0, 0.1) is 19.7 Å². The molecule has 2 aromatic carbocycles. The van der Waals surface area contributed by atoms with Gasteiger partial charge in [-0.1, -0.05) is 12.1 Å². The smallest absolute Gasteiger partial charge is 0.240 e. The fraction of sp³-hybridized carbons (Fsp3) is 0.316. The number of aryl methyl sites for hydroxylation is 2. The van der Waals surface area contributed by atoms with Gasteiger partial charge in [0, 0.05) is 11.6 Å². The van der Waals surface area contributed by atoms with Crippen LogP contribution in [0.5, 0.6) is 5.75 Å². The lowest BCUT2D eigenvalue weighted by molar-refractivity contribution is 0.301. The normalized spacial score (nSPS) is 13.5. The molecule has 0 amide bonds. The lowest BCUT2D eigenvalue weighted by Crippen LogP contribution is -2.02. The largest absolute Gasteiger partial charge is 0.488 e. The van der Waals surface area contributed by atoms with Crippen molar-refractivity contribution >= 4 is 11.8 Å². The molecule has 0 aromatic heterocycles. The number of hydrogen-bond donors (Lipinski definition) is 0. The fourth-order valence-corrected chi connectivity index (χ4v) is 2.79. The molecule has 0 radical (unpaired) electrons. The standard InChI is InChI=1S/C19H18FNO2/c1-12-8-13(2)19(9-17(12)20)23-10-16-15(14-6-7-14)4-3-5-18(16)21-11-22/h3-5,8-9,14H,6-7,10H2,1-2H3. The summed E-state index contributed by atoms with van der Waals surface area (Å²) in [6, 6.07) is 8.89. The van der Waals surface area contributed by atoms with Crippen molar-refractivity contribution < 1.29 is 13.9 Å². The Labute approximate surface area is 134 Å². The summed E-state index contributed by atoms with van der Waals surface area (Å²) in [6.45, 7) is 3.88. The predicted molar refractivity (Wildman–Crippen MR) is 86.4 cm³/mol. The van der Waals surface area contributed by atoms with Gasteiger partial charge < -0.3 is 4.74 Å². The van der Waals surface area contributed by atoms with Gasteiger partial charge in [0.1, 0.15) is 18.2 Å². The average Bonchev–Trinajstić information content (AvgIpc) is 3.35. The third-order valence-corrected chi connectivity index (χ3v) is 4.20. The second-order valence-electron chi connectivity index (χ2n) is 5.98. The highest BCUT2D eigenvalue weighted by Gasteiger charge is 2.27. The van der Waals surface area contributed by atoms with Crippen molar-refractivity contribution in [2.45, 2.75) is 39.2 Å². The van der Waals surface area contributed by atoms with E-state index in [1.807, 2.05) is 19.1 Å². The summed E-state index contributed by atoms with van der Waals surface area (Å²) in [5.41, 5.74) is 4.10. The molecule has 0 spiro atoms. The second-order valence-corrected chi connectivity index (χ2v) is 5.98. The number of rotatable bonds is 5. The molecule has 0 heterocycles. The zero-order valence-electron chi connectivity index (χ0n) is 13.2. The summed E-state index contributed by atoms with van der Waals surface area (Å²) in [5.74, 6) is 0.734. The fourth-order valence-electron chi connectivity index (χ4n) is 2.79. The molecule has 118 valence electrons. The minimum atomic E-state index is -0.285. The van der Waals surface area contributed by atoms with Gasteiger partial charge in [0.2, 0.25) is 6.08 Å². The minimum Gasteiger partial charge on any atom is -0.488 e. The van der Waals surface area contributed by atoms with Crippen molar-refractivity contribution in [1.82, 2.24) is 0 Å². The lowest BCUT2D eigenvalue weighted by Gasteiger charge is -2.14. The van der Waals surface area contributed by atoms with Crippen LogP contribution in [0.3, 0.4) is 0 Å². The van der Waals surface area contributed by atoms with Gasteiger partial charge in [0.05, 0.1) is 5.69 Å². The Balaban J connectivity index is 1.91. The number of nitrogens with zero attached hydrogens (tertiary/aromatic N) is 1. The average molecular weight is 311 g/mol. The van der Waals surface area contributed by atoms with E-state index in [0.717, 1.165) is 29.5 Å². The molecule has 3 nitrogen and oxygen atoms in total. The van der Waals surface area contributed by atoms with E-state index in [4.69, 9.17) is 4.74 Å². The second kappa shape index (κ2) is 6.35. The molecule has 0 unspecified atom stereocenters. The first-order valence-electron chi connectivity index (χ1n) is 7.69. The molecule has 3 rings (SSSR count). The monoisotopic (exact) mass is 311 g/mol. The van der Waals surface area contributed by atoms with Crippen molar-refractivity contribution in [3.05, 3.63) is 58.4 Å². The number of ether oxygens (including phenoxy) is 1. The SMILES string of the molecule is Cc1cc(C)c(OCc2c(N=C=O)cccc2C2CC2)cc1F. The Morgan fingerprint density at radius 1 is 1.26 bits per heavy atom. The van der Waals surface area contributed by atoms with Gasteiger partial charge in [0.15, 0.2) is 0 Å². The summed E-state index contributed by atoms with van der Waals surface area (Å²) >= 11 is 0. The van der Waals surface area contributed by atoms with Crippen molar-refractivity contribution in [2.24, 2.45) is 4.99 Å². The van der Waals surface area contributed by atoms with Gasteiger partial charge in [-0.05, 0) is 61.4 Å². The number of benzene rings is 2. The highest BCUT2D eigenvalue weighted by Crippen LogP contribution is 2.44. The van der Waals surface area contributed by atoms with Crippen LogP contribution < -0.4 is 4.74 Å². The van der Waals surface area contributed by atoms with Crippen molar-refractivity contribution in [3.63, 3.8) is 0 Å². The number of aliphatic imine (C=N–C) groups is 1. The third-order valence-electron chi connectivity index (χ3n) is 4.20. The highest BCUT2D eigenvalue weighted by atomic mass is 19.1. The highest BCUT2D eigenvalue weighted by molar-refractivity contribution is 5.57. The molecule has 0 aliphatic heterocycles. The van der Waals surface area contributed by atoms with E-state index in [1.54, 1.807) is 25.1 Å². The van der Waals surface area contributed by atoms with Crippen LogP contribution in [0.15, 0.2) is 35.3 Å². The molecular formula is C19H18FNO2. The molecule has 1 saturated carbocycles. The number of hydrogen-bond acceptors (Lipinski definition) is 3. The molecule has 1 fully saturated rings. The predicted octanol–water partition coefficient (Wildman–Crippen LogP) is 4.87. The van der Waals surface area contributed by atoms with E-state index >= 15 is 0 Å². The van der Waals surface area contributed by atoms with E-state index in [1.165, 1.54) is 6.07 Å². The van der Waals surface area contributed by atoms with E-state index in [2.05, 4.69) is 4.99 Å². The first-order chi connectivity index (χ1) is 11.1. The number of carbonyl (C=O) groups excluding carboxylic acids is 1. The third kappa shape index (κ3) is 3.33. The quantitative estimate of drug-likeness (QED) is 0.584. The van der Waals surface area contributed by atoms with Crippen LogP contribution in [0.25, 0.3) is 0 Å². The maximum absolute atomic E-state index is 13.8. The van der Waals surface area contributed by atoms with Gasteiger partial charge in [-0.3, -0.25) is 0 Å². The Bertz CT molecular complexity index is 790. The van der Waals surface area contributed by atoms with Crippen LogP contribution >= 0.6 is 0 Å². The molecule has 1 aliphatic rings. The molecule has 2 aromatic rings. The minimum absolute atomic E-state index is 0.260. The lowest BCUT2D eigenvalue weighted by atomic mass is 10.0. The maximum atomic E-state index is 13.8. The van der Waals surface area contributed by atoms with Crippen LogP contribution in [-0.4, -0.2) is 6.08 Å². The van der Waals surface area contributed by atoms with E-state index in [0.29, 0.717) is 22.9 Å². The van der Waals surface area contributed by atoms with Crippen molar-refractivity contribution in [2.75, 3.05) is 0 Å². The first-order valence-corrected chi connectivity index (χ1v) is 7.69. The number of halogens is 1. The van der Waals surface area contributed by atoms with Gasteiger partial charge in [-0.25, -0.2) is 9.18 Å². The van der Waals surface area contributed by atoms with E-state index < -0.39 is 0 Å². The Kier molecular flexibility index (Phi) is 4.26. The summed E-state index contributed by atoms with van der Waals surface area (Å²) in [7, 11) is 0. The summed E-state index contributed by atoms with van der Waals surface area (Å²) in [5, 5.41) is 0. The summed E-state index contributed by atoms with van der Waals surface area (Å²) < 4.78 is 19.6. The van der Waals surface area contributed by atoms with Crippen LogP contribution in [0.1, 0.15) is 41.0 Å². The van der Waals surface area contributed by atoms with Crippen molar-refractivity contribution in [3.8, 4) is 5.75 Å². The van der Waals surface area contributed by atoms with Gasteiger partial charge in [-0.15, -0.1) is 0 Å². The van der Waals surface area contributed by atoms with Gasteiger partial charge in [-0.2, -0.15) is 4.99 Å². The zero-order chi connectivity index (χ0) is 16.4. The molecule has 0 atom stereocenters. The molecule has 1 aliphatic carbocycles. The molecule has 23 heavy (non-hydrogen) atoms. The van der Waals surface area contributed by atoms with Crippen LogP contribution in [0.4, 0.5) is 10.1 Å². The number of isocyanates is 1. The first kappa shape index (κ1) is 15.4. The Hall–Kier alpha value is -2.45. The topological polar surface area (TPSA) is 38.7 Å². The van der Waals surface area contributed by atoms with Crippen molar-refractivity contribution in [1.29, 1.82) is 0 Å². The van der Waals surface area contributed by atoms with Crippen LogP contribution in [-0.2, 0) is 11.4 Å². The molecule has 0 bridgehead atoms. The van der Waals surface area contributed by atoms with Gasteiger partial charge in [0.25, 0.3) is 0 Å². The summed E-state index contributed by atoms with van der Waals surface area (Å²) in [4.78, 5) is 14.4. The Morgan fingerprint density at radius 2 is 2.04 bits per heavy atom. The van der Waals surface area contributed by atoms with E-state index in [9.17, 15) is 9.18 Å². The van der Waals surface area contributed by atoms with E-state index in [-0.39, 0.29) is 12.4 Å².